The number of para-hydroxylation sites is 1. The van der Waals surface area contributed by atoms with Crippen molar-refractivity contribution in [1.29, 1.82) is 0 Å². The van der Waals surface area contributed by atoms with Gasteiger partial charge in [0.2, 0.25) is 0 Å². The molecular formula is C14H8F2N2O3. The van der Waals surface area contributed by atoms with Crippen molar-refractivity contribution < 1.29 is 18.7 Å². The molecule has 21 heavy (non-hydrogen) atoms. The van der Waals surface area contributed by atoms with Crippen LogP contribution in [0.3, 0.4) is 0 Å². The molecule has 0 fully saturated rings. The third-order valence-corrected chi connectivity index (χ3v) is 3.11. The van der Waals surface area contributed by atoms with E-state index in [2.05, 4.69) is 4.98 Å². The van der Waals surface area contributed by atoms with Crippen molar-refractivity contribution in [1.82, 2.24) is 9.55 Å². The van der Waals surface area contributed by atoms with Crippen LogP contribution in [0.25, 0.3) is 16.7 Å². The zero-order valence-corrected chi connectivity index (χ0v) is 10.4. The molecule has 0 spiro atoms. The summed E-state index contributed by atoms with van der Waals surface area (Å²) in [4.78, 5) is 25.6. The number of H-pyrrole nitrogens is 1. The summed E-state index contributed by atoms with van der Waals surface area (Å²) >= 11 is 0. The van der Waals surface area contributed by atoms with Gasteiger partial charge in [-0.3, -0.25) is 4.57 Å². The number of benzene rings is 2. The highest BCUT2D eigenvalue weighted by Crippen LogP contribution is 2.20. The second-order valence-electron chi connectivity index (χ2n) is 4.37. The highest BCUT2D eigenvalue weighted by molar-refractivity contribution is 6.01. The van der Waals surface area contributed by atoms with Gasteiger partial charge in [-0.2, -0.15) is 0 Å². The number of nitrogens with one attached hydrogen (secondary N) is 1. The van der Waals surface area contributed by atoms with Gasteiger partial charge in [0.1, 0.15) is 0 Å². The van der Waals surface area contributed by atoms with Gasteiger partial charge < -0.3 is 10.1 Å². The quantitative estimate of drug-likeness (QED) is 0.760. The molecule has 5 nitrogen and oxygen atoms in total. The summed E-state index contributed by atoms with van der Waals surface area (Å²) in [6, 6.07) is 7.33. The van der Waals surface area contributed by atoms with E-state index in [4.69, 9.17) is 5.11 Å². The molecule has 1 aromatic heterocycles. The SMILES string of the molecule is O=C(O)c1cccc2c1[nH]c(=O)n2-c1ccc(F)c(F)c1. The molecular weight excluding hydrogens is 282 g/mol. The van der Waals surface area contributed by atoms with Crippen LogP contribution in [0.1, 0.15) is 10.4 Å². The first-order chi connectivity index (χ1) is 9.99. The Labute approximate surface area is 116 Å². The average molecular weight is 290 g/mol. The second kappa shape index (κ2) is 4.55. The molecule has 0 atom stereocenters. The van der Waals surface area contributed by atoms with Gasteiger partial charge in [0.05, 0.1) is 22.3 Å². The Balaban J connectivity index is 2.35. The average Bonchev–Trinajstić information content (AvgIpc) is 2.77. The summed E-state index contributed by atoms with van der Waals surface area (Å²) in [5, 5.41) is 9.09. The number of hydrogen-bond donors (Lipinski definition) is 2. The van der Waals surface area contributed by atoms with E-state index >= 15 is 0 Å². The number of aromatic nitrogens is 2. The first-order valence-electron chi connectivity index (χ1n) is 5.91. The molecule has 0 unspecified atom stereocenters. The van der Waals surface area contributed by atoms with Crippen molar-refractivity contribution in [2.75, 3.05) is 0 Å². The molecule has 0 aliphatic carbocycles. The maximum atomic E-state index is 13.3. The molecule has 0 radical (unpaired) electrons. The van der Waals surface area contributed by atoms with Gasteiger partial charge in [-0.05, 0) is 24.3 Å². The summed E-state index contributed by atoms with van der Waals surface area (Å²) < 4.78 is 27.4. The number of carbonyl (C=O) groups is 1. The molecule has 0 aliphatic heterocycles. The topological polar surface area (TPSA) is 75.1 Å². The Hall–Kier alpha value is -2.96. The number of halogens is 2. The Kier molecular flexibility index (Phi) is 2.83. The zero-order chi connectivity index (χ0) is 15.1. The van der Waals surface area contributed by atoms with Gasteiger partial charge in [0, 0.05) is 6.07 Å². The fourth-order valence-corrected chi connectivity index (χ4v) is 2.19. The lowest BCUT2D eigenvalue weighted by atomic mass is 10.2. The Morgan fingerprint density at radius 3 is 2.57 bits per heavy atom. The highest BCUT2D eigenvalue weighted by Gasteiger charge is 2.16. The fraction of sp³-hybridized carbons (Fsp3) is 0. The van der Waals surface area contributed by atoms with Crippen LogP contribution in [0.2, 0.25) is 0 Å². The van der Waals surface area contributed by atoms with E-state index in [9.17, 15) is 18.4 Å². The molecule has 0 bridgehead atoms. The smallest absolute Gasteiger partial charge is 0.337 e. The van der Waals surface area contributed by atoms with Gasteiger partial charge in [-0.15, -0.1) is 0 Å². The third kappa shape index (κ3) is 1.99. The predicted molar refractivity (Wildman–Crippen MR) is 70.8 cm³/mol. The monoisotopic (exact) mass is 290 g/mol. The molecule has 2 N–H and O–H groups in total. The Bertz CT molecular complexity index is 928. The first kappa shape index (κ1) is 13.0. The molecule has 0 amide bonds. The Morgan fingerprint density at radius 1 is 1.14 bits per heavy atom. The van der Waals surface area contributed by atoms with Crippen molar-refractivity contribution >= 4 is 17.0 Å². The van der Waals surface area contributed by atoms with Crippen molar-refractivity contribution in [2.24, 2.45) is 0 Å². The third-order valence-electron chi connectivity index (χ3n) is 3.11. The van der Waals surface area contributed by atoms with Crippen molar-refractivity contribution in [3.8, 4) is 5.69 Å². The molecule has 2 aromatic carbocycles. The van der Waals surface area contributed by atoms with Crippen LogP contribution in [0.5, 0.6) is 0 Å². The molecule has 3 aromatic rings. The van der Waals surface area contributed by atoms with Crippen LogP contribution < -0.4 is 5.69 Å². The number of fused-ring (bicyclic) bond motifs is 1. The summed E-state index contributed by atoms with van der Waals surface area (Å²) in [7, 11) is 0. The van der Waals surface area contributed by atoms with Crippen molar-refractivity contribution in [3.63, 3.8) is 0 Å². The van der Waals surface area contributed by atoms with E-state index < -0.39 is 23.3 Å². The van der Waals surface area contributed by atoms with Crippen LogP contribution in [0.15, 0.2) is 41.2 Å². The number of aromatic carboxylic acids is 1. The van der Waals surface area contributed by atoms with E-state index in [1.807, 2.05) is 0 Å². The van der Waals surface area contributed by atoms with E-state index in [1.165, 1.54) is 24.3 Å². The lowest BCUT2D eigenvalue weighted by Gasteiger charge is -2.04. The van der Waals surface area contributed by atoms with Gasteiger partial charge in [-0.1, -0.05) is 6.07 Å². The van der Waals surface area contributed by atoms with Crippen LogP contribution in [0.4, 0.5) is 8.78 Å². The van der Waals surface area contributed by atoms with Crippen molar-refractivity contribution in [2.45, 2.75) is 0 Å². The molecule has 3 rings (SSSR count). The number of hydrogen-bond acceptors (Lipinski definition) is 2. The van der Waals surface area contributed by atoms with Gasteiger partial charge >= 0.3 is 11.7 Å². The zero-order valence-electron chi connectivity index (χ0n) is 10.4. The van der Waals surface area contributed by atoms with Crippen LogP contribution in [0, 0.1) is 11.6 Å². The highest BCUT2D eigenvalue weighted by atomic mass is 19.2. The number of imidazole rings is 1. The maximum Gasteiger partial charge on any atom is 0.337 e. The van der Waals surface area contributed by atoms with E-state index in [1.54, 1.807) is 0 Å². The van der Waals surface area contributed by atoms with E-state index in [0.29, 0.717) is 0 Å². The van der Waals surface area contributed by atoms with Crippen LogP contribution in [-0.4, -0.2) is 20.6 Å². The van der Waals surface area contributed by atoms with Crippen molar-refractivity contribution in [3.05, 3.63) is 64.1 Å². The molecule has 7 heteroatoms. The normalized spacial score (nSPS) is 11.0. The molecule has 106 valence electrons. The maximum absolute atomic E-state index is 13.3. The number of carboxylic acid groups (broad SMARTS) is 1. The largest absolute Gasteiger partial charge is 0.478 e. The number of rotatable bonds is 2. The number of aromatic amines is 1. The molecule has 0 saturated heterocycles. The lowest BCUT2D eigenvalue weighted by Crippen LogP contribution is -2.14. The molecule has 0 saturated carbocycles. The first-order valence-corrected chi connectivity index (χ1v) is 5.91. The van der Waals surface area contributed by atoms with Crippen LogP contribution in [-0.2, 0) is 0 Å². The number of carboxylic acids is 1. The summed E-state index contributed by atoms with van der Waals surface area (Å²) in [6.45, 7) is 0. The minimum Gasteiger partial charge on any atom is -0.478 e. The van der Waals surface area contributed by atoms with E-state index in [0.717, 1.165) is 16.7 Å². The summed E-state index contributed by atoms with van der Waals surface area (Å²) in [6.07, 6.45) is 0. The lowest BCUT2D eigenvalue weighted by molar-refractivity contribution is 0.0699. The minimum atomic E-state index is -1.20. The minimum absolute atomic E-state index is 0.0778. The Morgan fingerprint density at radius 2 is 1.90 bits per heavy atom. The van der Waals surface area contributed by atoms with Gasteiger partial charge in [-0.25, -0.2) is 18.4 Å². The fourth-order valence-electron chi connectivity index (χ4n) is 2.19. The number of nitrogens with zero attached hydrogens (tertiary/aromatic N) is 1. The molecule has 1 heterocycles. The van der Waals surface area contributed by atoms with Gasteiger partial charge in [0.25, 0.3) is 0 Å². The van der Waals surface area contributed by atoms with Gasteiger partial charge in [0.15, 0.2) is 11.6 Å². The van der Waals surface area contributed by atoms with Crippen LogP contribution >= 0.6 is 0 Å². The summed E-state index contributed by atoms with van der Waals surface area (Å²) in [5.74, 6) is -3.32. The standard InChI is InChI=1S/C14H8F2N2O3/c15-9-5-4-7(6-10(9)16)18-11-3-1-2-8(13(19)20)12(11)17-14(18)21/h1-6H,(H,17,21)(H,19,20). The predicted octanol–water partition coefficient (Wildman–Crippen LogP) is 2.30. The second-order valence-corrected chi connectivity index (χ2v) is 4.37. The van der Waals surface area contributed by atoms with E-state index in [-0.39, 0.29) is 22.3 Å². The molecule has 0 aliphatic rings. The summed E-state index contributed by atoms with van der Waals surface area (Å²) in [5.41, 5.74) is -0.214.